The van der Waals surface area contributed by atoms with Gasteiger partial charge in [-0.3, -0.25) is 0 Å². The number of nitrogens with zero attached hydrogens (tertiary/aromatic N) is 2. The van der Waals surface area contributed by atoms with Crippen molar-refractivity contribution in [3.63, 3.8) is 0 Å². The van der Waals surface area contributed by atoms with Crippen LogP contribution in [-0.4, -0.2) is 22.5 Å². The Morgan fingerprint density at radius 2 is 1.96 bits per heavy atom. The molecular weight excluding hydrogens is 302 g/mol. The number of anilines is 1. The lowest BCUT2D eigenvalue weighted by Crippen LogP contribution is -2.29. The number of para-hydroxylation sites is 2. The number of hydrogen-bond donors (Lipinski definition) is 3. The maximum Gasteiger partial charge on any atom is 0.319 e. The van der Waals surface area contributed by atoms with Gasteiger partial charge in [-0.15, -0.1) is 0 Å². The number of rotatable bonds is 5. The highest BCUT2D eigenvalue weighted by Crippen LogP contribution is 2.11. The van der Waals surface area contributed by atoms with E-state index in [0.29, 0.717) is 17.8 Å². The number of amides is 2. The molecule has 0 unspecified atom stereocenters. The van der Waals surface area contributed by atoms with E-state index in [1.807, 2.05) is 30.3 Å². The van der Waals surface area contributed by atoms with Gasteiger partial charge in [-0.2, -0.15) is 5.26 Å². The minimum atomic E-state index is -0.260. The summed E-state index contributed by atoms with van der Waals surface area (Å²) in [6.45, 7) is 0.555. The van der Waals surface area contributed by atoms with Gasteiger partial charge in [0.25, 0.3) is 0 Å². The van der Waals surface area contributed by atoms with Crippen LogP contribution in [0.25, 0.3) is 11.0 Å². The molecule has 0 bridgehead atoms. The fraction of sp³-hybridized carbons (Fsp3) is 0.167. The number of aromatic nitrogens is 2. The Morgan fingerprint density at radius 1 is 1.17 bits per heavy atom. The summed E-state index contributed by atoms with van der Waals surface area (Å²) in [5.74, 6) is 0.922. The van der Waals surface area contributed by atoms with Crippen LogP contribution in [0.2, 0.25) is 0 Å². The van der Waals surface area contributed by atoms with E-state index in [-0.39, 0.29) is 6.03 Å². The predicted octanol–water partition coefficient (Wildman–Crippen LogP) is 3.19. The molecule has 0 atom stereocenters. The number of carbonyl (C=O) groups is 1. The van der Waals surface area contributed by atoms with Gasteiger partial charge in [-0.25, -0.2) is 9.78 Å². The molecule has 3 N–H and O–H groups in total. The Morgan fingerprint density at radius 3 is 2.71 bits per heavy atom. The van der Waals surface area contributed by atoms with E-state index in [1.54, 1.807) is 24.3 Å². The zero-order chi connectivity index (χ0) is 16.8. The summed E-state index contributed by atoms with van der Waals surface area (Å²) in [5, 5.41) is 14.3. The fourth-order valence-corrected chi connectivity index (χ4v) is 2.39. The molecule has 24 heavy (non-hydrogen) atoms. The molecule has 0 aliphatic carbocycles. The molecule has 6 nitrogen and oxygen atoms in total. The fourth-order valence-electron chi connectivity index (χ4n) is 2.39. The Bertz CT molecular complexity index is 843. The van der Waals surface area contributed by atoms with Crippen LogP contribution in [0.5, 0.6) is 0 Å². The average Bonchev–Trinajstić information content (AvgIpc) is 3.02. The molecule has 2 aromatic carbocycles. The first-order valence-corrected chi connectivity index (χ1v) is 7.73. The van der Waals surface area contributed by atoms with Crippen LogP contribution in [0.3, 0.4) is 0 Å². The standard InChI is InChI=1S/C18H17N5O/c19-12-13-7-9-14(10-8-13)21-18(24)20-11-3-6-17-22-15-4-1-2-5-16(15)23-17/h1-2,4-5,7-10H,3,6,11H2,(H,22,23)(H2,20,21,24). The van der Waals surface area contributed by atoms with Gasteiger partial charge in [-0.05, 0) is 42.8 Å². The van der Waals surface area contributed by atoms with Gasteiger partial charge in [0.1, 0.15) is 5.82 Å². The van der Waals surface area contributed by atoms with Crippen LogP contribution in [0.15, 0.2) is 48.5 Å². The summed E-state index contributed by atoms with van der Waals surface area (Å²) >= 11 is 0. The number of imidazole rings is 1. The van der Waals surface area contributed by atoms with Crippen LogP contribution in [0, 0.1) is 11.3 Å². The van der Waals surface area contributed by atoms with Crippen LogP contribution < -0.4 is 10.6 Å². The number of nitrogens with one attached hydrogen (secondary N) is 3. The molecule has 6 heteroatoms. The predicted molar refractivity (Wildman–Crippen MR) is 92.6 cm³/mol. The highest BCUT2D eigenvalue weighted by Gasteiger charge is 2.04. The Labute approximate surface area is 139 Å². The highest BCUT2D eigenvalue weighted by molar-refractivity contribution is 5.89. The first-order chi connectivity index (χ1) is 11.7. The van der Waals surface area contributed by atoms with E-state index >= 15 is 0 Å². The zero-order valence-corrected chi connectivity index (χ0v) is 13.0. The molecule has 3 aromatic rings. The van der Waals surface area contributed by atoms with Gasteiger partial charge in [0.05, 0.1) is 22.7 Å². The lowest BCUT2D eigenvalue weighted by Gasteiger charge is -2.07. The van der Waals surface area contributed by atoms with Crippen molar-refractivity contribution in [2.75, 3.05) is 11.9 Å². The van der Waals surface area contributed by atoms with E-state index in [2.05, 4.69) is 20.6 Å². The van der Waals surface area contributed by atoms with Gasteiger partial charge < -0.3 is 15.6 Å². The number of urea groups is 1. The summed E-state index contributed by atoms with van der Waals surface area (Å²) in [4.78, 5) is 19.6. The monoisotopic (exact) mass is 319 g/mol. The molecular formula is C18H17N5O. The van der Waals surface area contributed by atoms with Crippen molar-refractivity contribution in [3.8, 4) is 6.07 Å². The number of benzene rings is 2. The SMILES string of the molecule is N#Cc1ccc(NC(=O)NCCCc2nc3ccccc3[nH]2)cc1. The number of hydrogen-bond acceptors (Lipinski definition) is 3. The van der Waals surface area contributed by atoms with Crippen molar-refractivity contribution in [1.82, 2.24) is 15.3 Å². The third-order valence-electron chi connectivity index (χ3n) is 3.59. The maximum absolute atomic E-state index is 11.8. The van der Waals surface area contributed by atoms with Gasteiger partial charge in [0, 0.05) is 18.7 Å². The third-order valence-corrected chi connectivity index (χ3v) is 3.59. The normalized spacial score (nSPS) is 10.3. The Balaban J connectivity index is 1.42. The van der Waals surface area contributed by atoms with Crippen molar-refractivity contribution in [2.45, 2.75) is 12.8 Å². The Kier molecular flexibility index (Phi) is 4.73. The van der Waals surface area contributed by atoms with Crippen LogP contribution in [-0.2, 0) is 6.42 Å². The van der Waals surface area contributed by atoms with Gasteiger partial charge in [0.15, 0.2) is 0 Å². The van der Waals surface area contributed by atoms with Crippen molar-refractivity contribution in [3.05, 3.63) is 59.9 Å². The number of carbonyl (C=O) groups excluding carboxylic acids is 1. The van der Waals surface area contributed by atoms with E-state index in [9.17, 15) is 4.79 Å². The minimum absolute atomic E-state index is 0.260. The van der Waals surface area contributed by atoms with E-state index < -0.39 is 0 Å². The lowest BCUT2D eigenvalue weighted by molar-refractivity contribution is 0.252. The molecule has 0 spiro atoms. The average molecular weight is 319 g/mol. The van der Waals surface area contributed by atoms with Crippen LogP contribution in [0.4, 0.5) is 10.5 Å². The number of H-pyrrole nitrogens is 1. The zero-order valence-electron chi connectivity index (χ0n) is 13.0. The maximum atomic E-state index is 11.8. The molecule has 3 rings (SSSR count). The number of aromatic amines is 1. The molecule has 0 saturated carbocycles. The Hall–Kier alpha value is -3.33. The van der Waals surface area contributed by atoms with Crippen molar-refractivity contribution in [2.24, 2.45) is 0 Å². The summed E-state index contributed by atoms with van der Waals surface area (Å²) in [6, 6.07) is 16.4. The molecule has 0 fully saturated rings. The first-order valence-electron chi connectivity index (χ1n) is 7.73. The number of aryl methyl sites for hydroxylation is 1. The largest absolute Gasteiger partial charge is 0.342 e. The molecule has 2 amide bonds. The topological polar surface area (TPSA) is 93.6 Å². The van der Waals surface area contributed by atoms with Crippen molar-refractivity contribution >= 4 is 22.8 Å². The minimum Gasteiger partial charge on any atom is -0.342 e. The van der Waals surface area contributed by atoms with E-state index in [4.69, 9.17) is 5.26 Å². The second-order valence-electron chi connectivity index (χ2n) is 5.37. The molecule has 1 heterocycles. The van der Waals surface area contributed by atoms with Crippen LogP contribution in [0.1, 0.15) is 17.8 Å². The summed E-state index contributed by atoms with van der Waals surface area (Å²) < 4.78 is 0. The second-order valence-corrected chi connectivity index (χ2v) is 5.37. The van der Waals surface area contributed by atoms with E-state index in [0.717, 1.165) is 29.7 Å². The van der Waals surface area contributed by atoms with Crippen LogP contribution >= 0.6 is 0 Å². The molecule has 0 aliphatic heterocycles. The molecule has 0 aliphatic rings. The molecule has 1 aromatic heterocycles. The molecule has 0 saturated heterocycles. The van der Waals surface area contributed by atoms with E-state index in [1.165, 1.54) is 0 Å². The highest BCUT2D eigenvalue weighted by atomic mass is 16.2. The lowest BCUT2D eigenvalue weighted by atomic mass is 10.2. The molecule has 0 radical (unpaired) electrons. The van der Waals surface area contributed by atoms with Gasteiger partial charge in [-0.1, -0.05) is 12.1 Å². The van der Waals surface area contributed by atoms with Crippen molar-refractivity contribution in [1.29, 1.82) is 5.26 Å². The second kappa shape index (κ2) is 7.29. The summed E-state index contributed by atoms with van der Waals surface area (Å²) in [5.41, 5.74) is 3.20. The summed E-state index contributed by atoms with van der Waals surface area (Å²) in [7, 11) is 0. The van der Waals surface area contributed by atoms with Gasteiger partial charge in [0.2, 0.25) is 0 Å². The first kappa shape index (κ1) is 15.6. The third kappa shape index (κ3) is 3.90. The summed E-state index contributed by atoms with van der Waals surface area (Å²) in [6.07, 6.45) is 1.56. The van der Waals surface area contributed by atoms with Gasteiger partial charge >= 0.3 is 6.03 Å². The quantitative estimate of drug-likeness (QED) is 0.630. The number of nitriles is 1. The molecule has 120 valence electrons. The smallest absolute Gasteiger partial charge is 0.319 e. The number of fused-ring (bicyclic) bond motifs is 1. The van der Waals surface area contributed by atoms with Crippen molar-refractivity contribution < 1.29 is 4.79 Å².